The predicted octanol–water partition coefficient (Wildman–Crippen LogP) is 2.07. The molecule has 0 aliphatic rings. The first-order chi connectivity index (χ1) is 9.58. The molecule has 0 bridgehead atoms. The number of H-pyrrole nitrogens is 1. The third-order valence-electron chi connectivity index (χ3n) is 3.54. The van der Waals surface area contributed by atoms with Gasteiger partial charge < -0.3 is 5.73 Å². The lowest BCUT2D eigenvalue weighted by molar-refractivity contribution is 0.781. The first-order valence-corrected chi connectivity index (χ1v) is 6.34. The molecule has 0 spiro atoms. The molecule has 0 unspecified atom stereocenters. The fraction of sp³-hybridized carbons (Fsp3) is 0.214. The van der Waals surface area contributed by atoms with Crippen molar-refractivity contribution in [2.45, 2.75) is 13.8 Å². The van der Waals surface area contributed by atoms with Crippen molar-refractivity contribution in [2.75, 3.05) is 5.73 Å². The van der Waals surface area contributed by atoms with Crippen molar-refractivity contribution >= 4 is 5.82 Å². The summed E-state index contributed by atoms with van der Waals surface area (Å²) in [5.74, 6) is 0.617. The van der Waals surface area contributed by atoms with Gasteiger partial charge in [0, 0.05) is 7.05 Å². The minimum absolute atomic E-state index is 0.617. The van der Waals surface area contributed by atoms with E-state index >= 15 is 0 Å². The Labute approximate surface area is 116 Å². The van der Waals surface area contributed by atoms with Crippen molar-refractivity contribution in [3.63, 3.8) is 0 Å². The lowest BCUT2D eigenvalue weighted by Gasteiger charge is -2.06. The van der Waals surface area contributed by atoms with Gasteiger partial charge in [0.25, 0.3) is 0 Å². The van der Waals surface area contributed by atoms with E-state index < -0.39 is 0 Å². The SMILES string of the molecule is Cc1ccc(-c2c(-c3cn[nH]n3)nn(C)c2N)cc1C. The number of nitrogen functional groups attached to an aromatic ring is 1. The molecule has 0 saturated carbocycles. The van der Waals surface area contributed by atoms with Gasteiger partial charge in [-0.3, -0.25) is 4.68 Å². The molecule has 3 aromatic rings. The molecule has 102 valence electrons. The fourth-order valence-electron chi connectivity index (χ4n) is 2.21. The van der Waals surface area contributed by atoms with E-state index in [0.29, 0.717) is 11.5 Å². The van der Waals surface area contributed by atoms with Gasteiger partial charge in [-0.05, 0) is 30.5 Å². The van der Waals surface area contributed by atoms with Crippen LogP contribution in [0, 0.1) is 13.8 Å². The fourth-order valence-corrected chi connectivity index (χ4v) is 2.21. The van der Waals surface area contributed by atoms with Gasteiger partial charge in [0.15, 0.2) is 0 Å². The smallest absolute Gasteiger partial charge is 0.133 e. The van der Waals surface area contributed by atoms with Crippen LogP contribution < -0.4 is 5.73 Å². The maximum Gasteiger partial charge on any atom is 0.133 e. The molecule has 0 amide bonds. The minimum atomic E-state index is 0.617. The van der Waals surface area contributed by atoms with Crippen LogP contribution in [-0.4, -0.2) is 25.2 Å². The Balaban J connectivity index is 2.25. The second-order valence-corrected chi connectivity index (χ2v) is 4.89. The van der Waals surface area contributed by atoms with E-state index in [1.165, 1.54) is 11.1 Å². The van der Waals surface area contributed by atoms with Crippen molar-refractivity contribution in [1.29, 1.82) is 0 Å². The molecule has 6 heteroatoms. The van der Waals surface area contributed by atoms with Gasteiger partial charge in [-0.1, -0.05) is 18.2 Å². The van der Waals surface area contributed by atoms with Gasteiger partial charge in [0.2, 0.25) is 0 Å². The van der Waals surface area contributed by atoms with Gasteiger partial charge in [0.05, 0.1) is 11.8 Å². The van der Waals surface area contributed by atoms with Crippen LogP contribution in [0.2, 0.25) is 0 Å². The van der Waals surface area contributed by atoms with E-state index in [-0.39, 0.29) is 0 Å². The molecular weight excluding hydrogens is 252 g/mol. The van der Waals surface area contributed by atoms with Gasteiger partial charge in [-0.25, -0.2) is 0 Å². The molecule has 20 heavy (non-hydrogen) atoms. The number of nitrogens with zero attached hydrogens (tertiary/aromatic N) is 4. The Morgan fingerprint density at radius 1 is 1.20 bits per heavy atom. The van der Waals surface area contributed by atoms with E-state index in [0.717, 1.165) is 16.8 Å². The maximum atomic E-state index is 6.17. The Morgan fingerprint density at radius 3 is 2.65 bits per heavy atom. The van der Waals surface area contributed by atoms with Crippen LogP contribution in [-0.2, 0) is 7.05 Å². The first kappa shape index (κ1) is 12.4. The van der Waals surface area contributed by atoms with Gasteiger partial charge in [0.1, 0.15) is 17.2 Å². The van der Waals surface area contributed by atoms with Crippen molar-refractivity contribution < 1.29 is 0 Å². The third kappa shape index (κ3) is 1.85. The summed E-state index contributed by atoms with van der Waals surface area (Å²) in [7, 11) is 1.82. The number of anilines is 1. The second-order valence-electron chi connectivity index (χ2n) is 4.89. The summed E-state index contributed by atoms with van der Waals surface area (Å²) in [6.45, 7) is 4.17. The Morgan fingerprint density at radius 2 is 2.00 bits per heavy atom. The van der Waals surface area contributed by atoms with Crippen molar-refractivity contribution in [2.24, 2.45) is 7.05 Å². The molecule has 6 nitrogen and oxygen atoms in total. The maximum absolute atomic E-state index is 6.17. The normalized spacial score (nSPS) is 10.9. The number of nitrogens with two attached hydrogens (primary N) is 1. The number of aryl methyl sites for hydroxylation is 3. The zero-order chi connectivity index (χ0) is 14.3. The molecular formula is C14H16N6. The first-order valence-electron chi connectivity index (χ1n) is 6.34. The van der Waals surface area contributed by atoms with E-state index in [2.05, 4.69) is 52.6 Å². The van der Waals surface area contributed by atoms with Crippen LogP contribution in [0.3, 0.4) is 0 Å². The quantitative estimate of drug-likeness (QED) is 0.745. The van der Waals surface area contributed by atoms with Crippen LogP contribution >= 0.6 is 0 Å². The van der Waals surface area contributed by atoms with Crippen LogP contribution in [0.25, 0.3) is 22.5 Å². The lowest BCUT2D eigenvalue weighted by Crippen LogP contribution is -1.98. The van der Waals surface area contributed by atoms with E-state index in [9.17, 15) is 0 Å². The van der Waals surface area contributed by atoms with Gasteiger partial charge in [-0.2, -0.15) is 20.5 Å². The summed E-state index contributed by atoms with van der Waals surface area (Å²) >= 11 is 0. The number of rotatable bonds is 2. The number of hydrogen-bond donors (Lipinski definition) is 2. The van der Waals surface area contributed by atoms with Crippen LogP contribution in [0.15, 0.2) is 24.4 Å². The van der Waals surface area contributed by atoms with Crippen molar-refractivity contribution in [3.8, 4) is 22.5 Å². The highest BCUT2D eigenvalue weighted by Gasteiger charge is 2.19. The van der Waals surface area contributed by atoms with Gasteiger partial charge in [-0.15, -0.1) is 0 Å². The zero-order valence-corrected chi connectivity index (χ0v) is 11.7. The number of benzene rings is 1. The number of aromatic nitrogens is 5. The summed E-state index contributed by atoms with van der Waals surface area (Å²) < 4.78 is 1.66. The number of nitrogens with one attached hydrogen (secondary N) is 1. The van der Waals surface area contributed by atoms with Crippen LogP contribution in [0.1, 0.15) is 11.1 Å². The average molecular weight is 268 g/mol. The highest BCUT2D eigenvalue weighted by molar-refractivity contribution is 5.87. The molecule has 0 radical (unpaired) electrons. The topological polar surface area (TPSA) is 85.4 Å². The molecule has 0 aliphatic carbocycles. The second kappa shape index (κ2) is 4.48. The molecule has 3 rings (SSSR count). The summed E-state index contributed by atoms with van der Waals surface area (Å²) in [5, 5.41) is 15.0. The molecule has 2 heterocycles. The Hall–Kier alpha value is -2.63. The zero-order valence-electron chi connectivity index (χ0n) is 11.7. The molecule has 1 aromatic carbocycles. The largest absolute Gasteiger partial charge is 0.383 e. The molecule has 0 aliphatic heterocycles. The standard InChI is InChI=1S/C14H16N6/c1-8-4-5-10(6-9(8)2)12-13(11-7-16-19-17-11)18-20(3)14(12)15/h4-7H,15H2,1-3H3,(H,16,17,19). The van der Waals surface area contributed by atoms with E-state index in [4.69, 9.17) is 5.73 Å². The highest BCUT2D eigenvalue weighted by atomic mass is 15.3. The van der Waals surface area contributed by atoms with Crippen molar-refractivity contribution in [3.05, 3.63) is 35.5 Å². The summed E-state index contributed by atoms with van der Waals surface area (Å²) in [5.41, 5.74) is 12.0. The number of hydrogen-bond acceptors (Lipinski definition) is 4. The van der Waals surface area contributed by atoms with E-state index in [1.54, 1.807) is 10.9 Å². The van der Waals surface area contributed by atoms with Crippen LogP contribution in [0.4, 0.5) is 5.82 Å². The third-order valence-corrected chi connectivity index (χ3v) is 3.54. The molecule has 2 aromatic heterocycles. The van der Waals surface area contributed by atoms with E-state index in [1.807, 2.05) is 7.05 Å². The molecule has 0 atom stereocenters. The monoisotopic (exact) mass is 268 g/mol. The average Bonchev–Trinajstić information content (AvgIpc) is 3.03. The molecule has 0 saturated heterocycles. The summed E-state index contributed by atoms with van der Waals surface area (Å²) in [6, 6.07) is 6.26. The summed E-state index contributed by atoms with van der Waals surface area (Å²) in [6.07, 6.45) is 1.65. The Kier molecular flexibility index (Phi) is 2.78. The van der Waals surface area contributed by atoms with Crippen LogP contribution in [0.5, 0.6) is 0 Å². The highest BCUT2D eigenvalue weighted by Crippen LogP contribution is 2.35. The number of aromatic amines is 1. The summed E-state index contributed by atoms with van der Waals surface area (Å²) in [4.78, 5) is 0. The van der Waals surface area contributed by atoms with Crippen molar-refractivity contribution in [1.82, 2.24) is 25.2 Å². The van der Waals surface area contributed by atoms with Gasteiger partial charge >= 0.3 is 0 Å². The lowest BCUT2D eigenvalue weighted by atomic mass is 9.99. The predicted molar refractivity (Wildman–Crippen MR) is 77.9 cm³/mol. The molecule has 3 N–H and O–H groups in total. The minimum Gasteiger partial charge on any atom is -0.383 e. The molecule has 0 fully saturated rings. The Bertz CT molecular complexity index is 754.